The quantitative estimate of drug-likeness (QED) is 0.824. The number of aromatic carboxylic acids is 1. The number of carbonyl (C=O) groups is 1. The smallest absolute Gasteiger partial charge is 0.345 e. The summed E-state index contributed by atoms with van der Waals surface area (Å²) in [5, 5.41) is 14.6. The SMILES string of the molecule is CC(C)Cc1noc(CSc2csc(C(=O)O)c2)n1. The second kappa shape index (κ2) is 6.21. The fraction of sp³-hybridized carbons (Fsp3) is 0.417. The van der Waals surface area contributed by atoms with Crippen LogP contribution >= 0.6 is 23.1 Å². The van der Waals surface area contributed by atoms with Gasteiger partial charge in [-0.25, -0.2) is 4.79 Å². The van der Waals surface area contributed by atoms with Crippen molar-refractivity contribution in [3.05, 3.63) is 28.0 Å². The predicted octanol–water partition coefficient (Wildman–Crippen LogP) is 3.32. The van der Waals surface area contributed by atoms with Crippen LogP contribution in [-0.4, -0.2) is 21.2 Å². The van der Waals surface area contributed by atoms with E-state index in [9.17, 15) is 4.79 Å². The van der Waals surface area contributed by atoms with E-state index in [4.69, 9.17) is 9.63 Å². The number of aromatic nitrogens is 2. The molecule has 0 bridgehead atoms. The maximum atomic E-state index is 10.8. The normalized spacial score (nSPS) is 11.1. The Labute approximate surface area is 119 Å². The first-order valence-electron chi connectivity index (χ1n) is 5.80. The summed E-state index contributed by atoms with van der Waals surface area (Å²) in [5.41, 5.74) is 0. The average Bonchev–Trinajstić information content (AvgIpc) is 2.94. The van der Waals surface area contributed by atoms with Crippen LogP contribution in [0.25, 0.3) is 0 Å². The van der Waals surface area contributed by atoms with Gasteiger partial charge in [0.1, 0.15) is 4.88 Å². The summed E-state index contributed by atoms with van der Waals surface area (Å²) < 4.78 is 5.15. The van der Waals surface area contributed by atoms with Crippen LogP contribution in [-0.2, 0) is 12.2 Å². The molecule has 2 aromatic rings. The van der Waals surface area contributed by atoms with E-state index in [0.717, 1.165) is 17.1 Å². The molecule has 0 atom stereocenters. The molecule has 19 heavy (non-hydrogen) atoms. The molecule has 2 heterocycles. The van der Waals surface area contributed by atoms with Gasteiger partial charge in [0.2, 0.25) is 5.89 Å². The van der Waals surface area contributed by atoms with Crippen LogP contribution in [0.1, 0.15) is 35.2 Å². The first kappa shape index (κ1) is 14.1. The summed E-state index contributed by atoms with van der Waals surface area (Å²) in [6.45, 7) is 4.20. The lowest BCUT2D eigenvalue weighted by Gasteiger charge is -1.96. The highest BCUT2D eigenvalue weighted by atomic mass is 32.2. The zero-order valence-corrected chi connectivity index (χ0v) is 12.3. The molecular formula is C12H14N2O3S2. The lowest BCUT2D eigenvalue weighted by molar-refractivity contribution is 0.0702. The lowest BCUT2D eigenvalue weighted by Crippen LogP contribution is -1.96. The Hall–Kier alpha value is -1.34. The second-order valence-corrected chi connectivity index (χ2v) is 6.40. The van der Waals surface area contributed by atoms with Crippen molar-refractivity contribution in [3.8, 4) is 0 Å². The molecule has 0 aromatic carbocycles. The molecule has 0 aliphatic heterocycles. The van der Waals surface area contributed by atoms with Crippen LogP contribution in [0, 0.1) is 5.92 Å². The second-order valence-electron chi connectivity index (χ2n) is 4.44. The van der Waals surface area contributed by atoms with Gasteiger partial charge in [-0.3, -0.25) is 0 Å². The number of carboxylic acid groups (broad SMARTS) is 1. The summed E-state index contributed by atoms with van der Waals surface area (Å²) in [5.74, 6) is 1.45. The third-order valence-corrected chi connectivity index (χ3v) is 4.28. The first-order chi connectivity index (χ1) is 9.04. The Kier molecular flexibility index (Phi) is 4.60. The van der Waals surface area contributed by atoms with E-state index in [2.05, 4.69) is 24.0 Å². The maximum Gasteiger partial charge on any atom is 0.345 e. The van der Waals surface area contributed by atoms with E-state index in [1.807, 2.05) is 5.38 Å². The Morgan fingerprint density at radius 2 is 2.37 bits per heavy atom. The number of thioether (sulfide) groups is 1. The molecule has 0 spiro atoms. The van der Waals surface area contributed by atoms with Gasteiger partial charge in [0.15, 0.2) is 5.82 Å². The van der Waals surface area contributed by atoms with Crippen LogP contribution in [0.15, 0.2) is 20.9 Å². The molecule has 5 nitrogen and oxygen atoms in total. The zero-order chi connectivity index (χ0) is 13.8. The predicted molar refractivity (Wildman–Crippen MR) is 73.7 cm³/mol. The molecule has 2 rings (SSSR count). The van der Waals surface area contributed by atoms with Crippen molar-refractivity contribution in [2.45, 2.75) is 30.9 Å². The van der Waals surface area contributed by atoms with Gasteiger partial charge in [0.05, 0.1) is 5.75 Å². The van der Waals surface area contributed by atoms with Gasteiger partial charge >= 0.3 is 5.97 Å². The van der Waals surface area contributed by atoms with Gasteiger partial charge in [0, 0.05) is 16.7 Å². The van der Waals surface area contributed by atoms with Gasteiger partial charge in [-0.05, 0) is 12.0 Å². The molecule has 0 amide bonds. The van der Waals surface area contributed by atoms with Crippen molar-refractivity contribution < 1.29 is 14.4 Å². The summed E-state index contributed by atoms with van der Waals surface area (Å²) >= 11 is 2.71. The molecule has 2 aromatic heterocycles. The molecule has 0 saturated heterocycles. The van der Waals surface area contributed by atoms with E-state index in [0.29, 0.717) is 22.4 Å². The minimum atomic E-state index is -0.895. The maximum absolute atomic E-state index is 10.8. The Balaban J connectivity index is 1.90. The molecule has 0 fully saturated rings. The van der Waals surface area contributed by atoms with E-state index in [1.165, 1.54) is 23.1 Å². The lowest BCUT2D eigenvalue weighted by atomic mass is 10.1. The van der Waals surface area contributed by atoms with Crippen molar-refractivity contribution in [1.82, 2.24) is 10.1 Å². The van der Waals surface area contributed by atoms with E-state index >= 15 is 0 Å². The third kappa shape index (κ3) is 4.07. The van der Waals surface area contributed by atoms with Gasteiger partial charge < -0.3 is 9.63 Å². The fourth-order valence-corrected chi connectivity index (χ4v) is 3.16. The molecule has 1 N–H and O–H groups in total. The number of nitrogens with zero attached hydrogens (tertiary/aromatic N) is 2. The first-order valence-corrected chi connectivity index (χ1v) is 7.67. The van der Waals surface area contributed by atoms with Crippen molar-refractivity contribution in [3.63, 3.8) is 0 Å². The van der Waals surface area contributed by atoms with Crippen molar-refractivity contribution in [1.29, 1.82) is 0 Å². The molecule has 0 unspecified atom stereocenters. The molecule has 7 heteroatoms. The summed E-state index contributed by atoms with van der Waals surface area (Å²) in [4.78, 5) is 16.3. The van der Waals surface area contributed by atoms with Crippen LogP contribution in [0.5, 0.6) is 0 Å². The number of thiophene rings is 1. The van der Waals surface area contributed by atoms with Gasteiger partial charge in [-0.2, -0.15) is 4.98 Å². The standard InChI is InChI=1S/C12H14N2O3S2/c1-7(2)3-10-13-11(17-14-10)6-18-8-4-9(12(15)16)19-5-8/h4-5,7H,3,6H2,1-2H3,(H,15,16). The number of rotatable bonds is 6. The van der Waals surface area contributed by atoms with Crippen molar-refractivity contribution in [2.75, 3.05) is 0 Å². The summed E-state index contributed by atoms with van der Waals surface area (Å²) in [6, 6.07) is 1.66. The monoisotopic (exact) mass is 298 g/mol. The fourth-order valence-electron chi connectivity index (χ4n) is 1.45. The molecule has 102 valence electrons. The molecule has 0 radical (unpaired) electrons. The minimum absolute atomic E-state index is 0.341. The summed E-state index contributed by atoms with van der Waals surface area (Å²) in [7, 11) is 0. The highest BCUT2D eigenvalue weighted by molar-refractivity contribution is 7.98. The summed E-state index contributed by atoms with van der Waals surface area (Å²) in [6.07, 6.45) is 0.801. The number of hydrogen-bond donors (Lipinski definition) is 1. The Morgan fingerprint density at radius 3 is 3.00 bits per heavy atom. The van der Waals surface area contributed by atoms with E-state index < -0.39 is 5.97 Å². The topological polar surface area (TPSA) is 76.2 Å². The van der Waals surface area contributed by atoms with Crippen LogP contribution < -0.4 is 0 Å². The van der Waals surface area contributed by atoms with Crippen molar-refractivity contribution in [2.24, 2.45) is 5.92 Å². The van der Waals surface area contributed by atoms with E-state index in [1.54, 1.807) is 6.07 Å². The highest BCUT2D eigenvalue weighted by Gasteiger charge is 2.11. The van der Waals surface area contributed by atoms with Gasteiger partial charge in [-0.1, -0.05) is 19.0 Å². The number of carboxylic acids is 1. The third-order valence-electron chi connectivity index (χ3n) is 2.25. The van der Waals surface area contributed by atoms with Crippen LogP contribution in [0.3, 0.4) is 0 Å². The Bertz CT molecular complexity index is 563. The van der Waals surface area contributed by atoms with Gasteiger partial charge in [-0.15, -0.1) is 23.1 Å². The highest BCUT2D eigenvalue weighted by Crippen LogP contribution is 2.27. The largest absolute Gasteiger partial charge is 0.477 e. The molecular weight excluding hydrogens is 284 g/mol. The minimum Gasteiger partial charge on any atom is -0.477 e. The zero-order valence-electron chi connectivity index (χ0n) is 10.6. The number of hydrogen-bond acceptors (Lipinski definition) is 6. The van der Waals surface area contributed by atoms with E-state index in [-0.39, 0.29) is 0 Å². The van der Waals surface area contributed by atoms with Gasteiger partial charge in [0.25, 0.3) is 0 Å². The van der Waals surface area contributed by atoms with Crippen molar-refractivity contribution >= 4 is 29.1 Å². The Morgan fingerprint density at radius 1 is 1.58 bits per heavy atom. The molecule has 0 aliphatic rings. The van der Waals surface area contributed by atoms with Crippen LogP contribution in [0.4, 0.5) is 0 Å². The average molecular weight is 298 g/mol. The molecule has 0 aliphatic carbocycles. The van der Waals surface area contributed by atoms with Crippen LogP contribution in [0.2, 0.25) is 0 Å². The molecule has 0 saturated carbocycles.